The van der Waals surface area contributed by atoms with Crippen LogP contribution in [0.3, 0.4) is 0 Å². The molecule has 0 aromatic carbocycles. The Morgan fingerprint density at radius 2 is 2.38 bits per heavy atom. The van der Waals surface area contributed by atoms with Crippen molar-refractivity contribution in [3.63, 3.8) is 0 Å². The van der Waals surface area contributed by atoms with E-state index >= 15 is 0 Å². The first-order chi connectivity index (χ1) is 7.78. The summed E-state index contributed by atoms with van der Waals surface area (Å²) < 4.78 is 0. The zero-order chi connectivity index (χ0) is 11.1. The number of hydrogen-bond donors (Lipinski definition) is 1. The number of nitrogens with two attached hydrogens (primary N) is 1. The Morgan fingerprint density at radius 3 is 3.06 bits per heavy atom. The van der Waals surface area contributed by atoms with Gasteiger partial charge in [0, 0.05) is 24.4 Å². The number of thiazole rings is 1. The zero-order valence-electron chi connectivity index (χ0n) is 9.78. The van der Waals surface area contributed by atoms with Gasteiger partial charge in [0.2, 0.25) is 0 Å². The second-order valence-corrected chi connectivity index (χ2v) is 6.02. The molecule has 3 rings (SSSR count). The summed E-state index contributed by atoms with van der Waals surface area (Å²) in [4.78, 5) is 8.68. The molecule has 1 fully saturated rings. The van der Waals surface area contributed by atoms with Gasteiger partial charge in [0.15, 0.2) is 0 Å². The third-order valence-corrected chi connectivity index (χ3v) is 4.87. The van der Waals surface area contributed by atoms with Gasteiger partial charge in [-0.3, -0.25) is 4.90 Å². The molecule has 16 heavy (non-hydrogen) atoms. The van der Waals surface area contributed by atoms with Crippen LogP contribution in [0.4, 0.5) is 0 Å². The highest BCUT2D eigenvalue weighted by molar-refractivity contribution is 7.11. The maximum atomic E-state index is 6.21. The van der Waals surface area contributed by atoms with Crippen molar-refractivity contribution >= 4 is 11.3 Å². The van der Waals surface area contributed by atoms with Gasteiger partial charge in [0.05, 0.1) is 11.7 Å². The second-order valence-electron chi connectivity index (χ2n) is 4.90. The van der Waals surface area contributed by atoms with Crippen LogP contribution < -0.4 is 5.73 Å². The van der Waals surface area contributed by atoms with E-state index in [0.29, 0.717) is 0 Å². The Kier molecular flexibility index (Phi) is 2.73. The normalized spacial score (nSPS) is 23.1. The van der Waals surface area contributed by atoms with Gasteiger partial charge >= 0.3 is 0 Å². The van der Waals surface area contributed by atoms with E-state index in [2.05, 4.69) is 11.8 Å². The van der Waals surface area contributed by atoms with Crippen LogP contribution in [0.15, 0.2) is 0 Å². The van der Waals surface area contributed by atoms with E-state index in [0.717, 1.165) is 32.0 Å². The van der Waals surface area contributed by atoms with E-state index in [9.17, 15) is 0 Å². The van der Waals surface area contributed by atoms with E-state index in [-0.39, 0.29) is 6.04 Å². The van der Waals surface area contributed by atoms with Crippen molar-refractivity contribution in [3.8, 4) is 0 Å². The predicted molar refractivity (Wildman–Crippen MR) is 66.4 cm³/mol. The number of nitrogens with zero attached hydrogens (tertiary/aromatic N) is 2. The van der Waals surface area contributed by atoms with Crippen LogP contribution in [0.5, 0.6) is 0 Å². The van der Waals surface area contributed by atoms with Crippen LogP contribution >= 0.6 is 11.3 Å². The molecule has 0 amide bonds. The SMILES string of the molecule is CCN1CCc2nc(C(N)C3CC3)sc2C1. The van der Waals surface area contributed by atoms with Gasteiger partial charge in [0.25, 0.3) is 0 Å². The summed E-state index contributed by atoms with van der Waals surface area (Å²) >= 11 is 1.85. The summed E-state index contributed by atoms with van der Waals surface area (Å²) in [6, 6.07) is 0.214. The molecule has 1 atom stereocenters. The average molecular weight is 237 g/mol. The monoisotopic (exact) mass is 237 g/mol. The van der Waals surface area contributed by atoms with Crippen LogP contribution in [-0.2, 0) is 13.0 Å². The quantitative estimate of drug-likeness (QED) is 0.873. The summed E-state index contributed by atoms with van der Waals surface area (Å²) in [5.74, 6) is 0.717. The number of fused-ring (bicyclic) bond motifs is 1. The predicted octanol–water partition coefficient (Wildman–Crippen LogP) is 1.93. The van der Waals surface area contributed by atoms with Gasteiger partial charge in [-0.25, -0.2) is 4.98 Å². The summed E-state index contributed by atoms with van der Waals surface area (Å²) in [7, 11) is 0. The third kappa shape index (κ3) is 1.90. The zero-order valence-corrected chi connectivity index (χ0v) is 10.6. The van der Waals surface area contributed by atoms with Crippen LogP contribution in [0.2, 0.25) is 0 Å². The Hall–Kier alpha value is -0.450. The minimum atomic E-state index is 0.214. The Labute approximate surface area is 101 Å². The number of hydrogen-bond acceptors (Lipinski definition) is 4. The molecule has 1 aliphatic heterocycles. The highest BCUT2D eigenvalue weighted by atomic mass is 32.1. The molecule has 1 unspecified atom stereocenters. The van der Waals surface area contributed by atoms with Crippen molar-refractivity contribution in [2.45, 2.75) is 38.8 Å². The molecule has 4 heteroatoms. The largest absolute Gasteiger partial charge is 0.322 e. The first kappa shape index (κ1) is 10.7. The van der Waals surface area contributed by atoms with Crippen molar-refractivity contribution in [3.05, 3.63) is 15.6 Å². The fourth-order valence-electron chi connectivity index (χ4n) is 2.34. The van der Waals surface area contributed by atoms with Crippen molar-refractivity contribution in [2.24, 2.45) is 11.7 Å². The van der Waals surface area contributed by atoms with Gasteiger partial charge in [0.1, 0.15) is 5.01 Å². The molecule has 0 radical (unpaired) electrons. The maximum absolute atomic E-state index is 6.21. The lowest BCUT2D eigenvalue weighted by molar-refractivity contribution is 0.269. The van der Waals surface area contributed by atoms with Crippen LogP contribution in [0, 0.1) is 5.92 Å². The molecule has 0 spiro atoms. The Bertz CT molecular complexity index is 384. The molecule has 1 aromatic rings. The first-order valence-electron chi connectivity index (χ1n) is 6.24. The molecule has 2 heterocycles. The number of rotatable bonds is 3. The highest BCUT2D eigenvalue weighted by Gasteiger charge is 2.32. The van der Waals surface area contributed by atoms with E-state index in [4.69, 9.17) is 10.7 Å². The van der Waals surface area contributed by atoms with Gasteiger partial charge in [-0.1, -0.05) is 6.92 Å². The van der Waals surface area contributed by atoms with E-state index in [1.165, 1.54) is 28.4 Å². The fourth-order valence-corrected chi connectivity index (χ4v) is 3.59. The third-order valence-electron chi connectivity index (χ3n) is 3.69. The second kappa shape index (κ2) is 4.09. The number of likely N-dealkylation sites (N-methyl/N-ethyl adjacent to an activating group) is 1. The van der Waals surface area contributed by atoms with Crippen LogP contribution in [0.1, 0.15) is 41.4 Å². The highest BCUT2D eigenvalue weighted by Crippen LogP contribution is 2.41. The topological polar surface area (TPSA) is 42.2 Å². The molecule has 2 N–H and O–H groups in total. The van der Waals surface area contributed by atoms with Gasteiger partial charge in [-0.15, -0.1) is 11.3 Å². The molecular formula is C12H19N3S. The summed E-state index contributed by atoms with van der Waals surface area (Å²) in [5, 5.41) is 1.19. The summed E-state index contributed by atoms with van der Waals surface area (Å²) in [5.41, 5.74) is 7.53. The average Bonchev–Trinajstić information content (AvgIpc) is 3.06. The molecular weight excluding hydrogens is 218 g/mol. The van der Waals surface area contributed by atoms with Crippen molar-refractivity contribution in [1.82, 2.24) is 9.88 Å². The van der Waals surface area contributed by atoms with Crippen LogP contribution in [-0.4, -0.2) is 23.0 Å². The minimum Gasteiger partial charge on any atom is -0.322 e. The minimum absolute atomic E-state index is 0.214. The van der Waals surface area contributed by atoms with Crippen molar-refractivity contribution in [2.75, 3.05) is 13.1 Å². The van der Waals surface area contributed by atoms with Crippen LogP contribution in [0.25, 0.3) is 0 Å². The molecule has 1 aromatic heterocycles. The standard InChI is InChI=1S/C12H19N3S/c1-2-15-6-5-9-10(7-15)16-12(14-9)11(13)8-3-4-8/h8,11H,2-7,13H2,1H3. The maximum Gasteiger partial charge on any atom is 0.110 e. The van der Waals surface area contributed by atoms with Gasteiger partial charge in [-0.2, -0.15) is 0 Å². The molecule has 0 bridgehead atoms. The molecule has 0 saturated heterocycles. The molecule has 88 valence electrons. The lowest BCUT2D eigenvalue weighted by Crippen LogP contribution is -2.29. The molecule has 2 aliphatic rings. The lowest BCUT2D eigenvalue weighted by Gasteiger charge is -2.23. The molecule has 1 aliphatic carbocycles. The van der Waals surface area contributed by atoms with Gasteiger partial charge < -0.3 is 5.73 Å². The van der Waals surface area contributed by atoms with E-state index in [1.54, 1.807) is 0 Å². The Balaban J connectivity index is 1.80. The van der Waals surface area contributed by atoms with Crippen molar-refractivity contribution in [1.29, 1.82) is 0 Å². The van der Waals surface area contributed by atoms with E-state index in [1.807, 2.05) is 11.3 Å². The summed E-state index contributed by atoms with van der Waals surface area (Å²) in [6.07, 6.45) is 3.70. The Morgan fingerprint density at radius 1 is 1.56 bits per heavy atom. The first-order valence-corrected chi connectivity index (χ1v) is 7.06. The number of aromatic nitrogens is 1. The molecule has 1 saturated carbocycles. The van der Waals surface area contributed by atoms with Gasteiger partial charge in [-0.05, 0) is 25.3 Å². The summed E-state index contributed by atoms with van der Waals surface area (Å²) in [6.45, 7) is 5.61. The lowest BCUT2D eigenvalue weighted by atomic mass is 10.2. The smallest absolute Gasteiger partial charge is 0.110 e. The van der Waals surface area contributed by atoms with Crippen molar-refractivity contribution < 1.29 is 0 Å². The molecule has 3 nitrogen and oxygen atoms in total. The van der Waals surface area contributed by atoms with E-state index < -0.39 is 0 Å². The fraction of sp³-hybridized carbons (Fsp3) is 0.750.